The summed E-state index contributed by atoms with van der Waals surface area (Å²) < 4.78 is 0. The maximum absolute atomic E-state index is 3.47. The standard InChI is InChI=1S/C16H24N2/c1-13(2)16(18-9-7-17-8-10-18)11-14-5-3-4-6-15(14)12-16/h3-6,13,17H,7-12H2,1-2H3. The minimum absolute atomic E-state index is 0.367. The van der Waals surface area contributed by atoms with Gasteiger partial charge in [-0.2, -0.15) is 0 Å². The quantitative estimate of drug-likeness (QED) is 0.857. The van der Waals surface area contributed by atoms with Gasteiger partial charge in [0, 0.05) is 31.7 Å². The lowest BCUT2D eigenvalue weighted by molar-refractivity contribution is 0.0412. The van der Waals surface area contributed by atoms with Crippen LogP contribution in [0.1, 0.15) is 25.0 Å². The summed E-state index contributed by atoms with van der Waals surface area (Å²) in [5, 5.41) is 3.47. The Balaban J connectivity index is 1.91. The largest absolute Gasteiger partial charge is 0.314 e. The lowest BCUT2D eigenvalue weighted by atomic mass is 9.81. The molecule has 0 spiro atoms. The van der Waals surface area contributed by atoms with E-state index in [-0.39, 0.29) is 0 Å². The molecule has 0 bridgehead atoms. The molecular formula is C16H24N2. The highest BCUT2D eigenvalue weighted by atomic mass is 15.2. The molecule has 0 unspecified atom stereocenters. The molecule has 1 aliphatic carbocycles. The van der Waals surface area contributed by atoms with Crippen molar-refractivity contribution in [1.29, 1.82) is 0 Å². The van der Waals surface area contributed by atoms with E-state index in [2.05, 4.69) is 48.3 Å². The van der Waals surface area contributed by atoms with Crippen LogP contribution in [-0.4, -0.2) is 36.6 Å². The smallest absolute Gasteiger partial charge is 0.0314 e. The van der Waals surface area contributed by atoms with Gasteiger partial charge < -0.3 is 5.32 Å². The predicted octanol–water partition coefficient (Wildman–Crippen LogP) is 2.09. The van der Waals surface area contributed by atoms with Crippen molar-refractivity contribution < 1.29 is 0 Å². The Morgan fingerprint density at radius 3 is 2.11 bits per heavy atom. The molecule has 18 heavy (non-hydrogen) atoms. The Hall–Kier alpha value is -0.860. The first kappa shape index (κ1) is 12.2. The van der Waals surface area contributed by atoms with Crippen LogP contribution in [0.2, 0.25) is 0 Å². The van der Waals surface area contributed by atoms with Crippen LogP contribution < -0.4 is 5.32 Å². The third-order valence-electron chi connectivity index (χ3n) is 4.93. The zero-order valence-corrected chi connectivity index (χ0v) is 11.6. The van der Waals surface area contributed by atoms with Gasteiger partial charge in [-0.25, -0.2) is 0 Å². The van der Waals surface area contributed by atoms with Gasteiger partial charge in [-0.1, -0.05) is 38.1 Å². The molecule has 0 atom stereocenters. The van der Waals surface area contributed by atoms with Crippen molar-refractivity contribution in [3.05, 3.63) is 35.4 Å². The monoisotopic (exact) mass is 244 g/mol. The van der Waals surface area contributed by atoms with Crippen LogP contribution in [0.5, 0.6) is 0 Å². The Morgan fingerprint density at radius 1 is 1.06 bits per heavy atom. The Morgan fingerprint density at radius 2 is 1.61 bits per heavy atom. The van der Waals surface area contributed by atoms with Crippen molar-refractivity contribution in [3.8, 4) is 0 Å². The van der Waals surface area contributed by atoms with Crippen LogP contribution in [0.4, 0.5) is 0 Å². The van der Waals surface area contributed by atoms with E-state index >= 15 is 0 Å². The normalized spacial score (nSPS) is 23.3. The van der Waals surface area contributed by atoms with E-state index in [1.165, 1.54) is 25.9 Å². The van der Waals surface area contributed by atoms with Crippen LogP contribution in [0.15, 0.2) is 24.3 Å². The summed E-state index contributed by atoms with van der Waals surface area (Å²) in [6.07, 6.45) is 2.47. The summed E-state index contributed by atoms with van der Waals surface area (Å²) in [4.78, 5) is 2.74. The molecule has 1 aliphatic heterocycles. The number of benzene rings is 1. The van der Waals surface area contributed by atoms with Gasteiger partial charge in [0.2, 0.25) is 0 Å². The van der Waals surface area contributed by atoms with Crippen LogP contribution >= 0.6 is 0 Å². The molecule has 98 valence electrons. The minimum Gasteiger partial charge on any atom is -0.314 e. The molecule has 1 aromatic carbocycles. The Labute approximate surface area is 110 Å². The second-order valence-corrected chi connectivity index (χ2v) is 6.12. The molecule has 0 aromatic heterocycles. The van der Waals surface area contributed by atoms with Crippen LogP contribution in [-0.2, 0) is 12.8 Å². The van der Waals surface area contributed by atoms with E-state index < -0.39 is 0 Å². The zero-order valence-electron chi connectivity index (χ0n) is 11.6. The topological polar surface area (TPSA) is 15.3 Å². The number of hydrogen-bond acceptors (Lipinski definition) is 2. The van der Waals surface area contributed by atoms with Crippen LogP contribution in [0, 0.1) is 5.92 Å². The van der Waals surface area contributed by atoms with Gasteiger partial charge in [-0.3, -0.25) is 4.90 Å². The molecule has 3 rings (SSSR count). The molecular weight excluding hydrogens is 220 g/mol. The van der Waals surface area contributed by atoms with Crippen molar-refractivity contribution in [2.45, 2.75) is 32.2 Å². The van der Waals surface area contributed by atoms with E-state index in [0.29, 0.717) is 11.5 Å². The average molecular weight is 244 g/mol. The van der Waals surface area contributed by atoms with Gasteiger partial charge in [0.05, 0.1) is 0 Å². The summed E-state index contributed by atoms with van der Waals surface area (Å²) in [6, 6.07) is 9.02. The molecule has 2 aliphatic rings. The van der Waals surface area contributed by atoms with Crippen molar-refractivity contribution in [2.75, 3.05) is 26.2 Å². The zero-order chi connectivity index (χ0) is 12.6. The molecule has 0 amide bonds. The van der Waals surface area contributed by atoms with E-state index in [1.807, 2.05) is 0 Å². The lowest BCUT2D eigenvalue weighted by Gasteiger charge is -2.46. The molecule has 2 heteroatoms. The van der Waals surface area contributed by atoms with Gasteiger partial charge in [-0.05, 0) is 29.9 Å². The fourth-order valence-electron chi connectivity index (χ4n) is 3.73. The maximum Gasteiger partial charge on any atom is 0.0314 e. The highest BCUT2D eigenvalue weighted by Crippen LogP contribution is 2.39. The highest BCUT2D eigenvalue weighted by Gasteiger charge is 2.44. The first-order valence-corrected chi connectivity index (χ1v) is 7.25. The number of piperazine rings is 1. The third-order valence-corrected chi connectivity index (χ3v) is 4.93. The second kappa shape index (κ2) is 4.67. The number of hydrogen-bond donors (Lipinski definition) is 1. The van der Waals surface area contributed by atoms with Crippen LogP contribution in [0.25, 0.3) is 0 Å². The summed E-state index contributed by atoms with van der Waals surface area (Å²) >= 11 is 0. The first-order valence-electron chi connectivity index (χ1n) is 7.25. The van der Waals surface area contributed by atoms with E-state index in [9.17, 15) is 0 Å². The Bertz CT molecular complexity index is 394. The molecule has 1 saturated heterocycles. The van der Waals surface area contributed by atoms with Crippen LogP contribution in [0.3, 0.4) is 0 Å². The third kappa shape index (κ3) is 1.88. The molecule has 1 heterocycles. The summed E-state index contributed by atoms with van der Waals surface area (Å²) in [6.45, 7) is 9.48. The molecule has 1 N–H and O–H groups in total. The summed E-state index contributed by atoms with van der Waals surface area (Å²) in [5.74, 6) is 0.711. The Kier molecular flexibility index (Phi) is 3.16. The second-order valence-electron chi connectivity index (χ2n) is 6.12. The van der Waals surface area contributed by atoms with Crippen molar-refractivity contribution in [1.82, 2.24) is 10.2 Å². The van der Waals surface area contributed by atoms with Crippen molar-refractivity contribution in [3.63, 3.8) is 0 Å². The minimum atomic E-state index is 0.367. The number of fused-ring (bicyclic) bond motifs is 1. The predicted molar refractivity (Wildman–Crippen MR) is 75.9 cm³/mol. The molecule has 1 fully saturated rings. The lowest BCUT2D eigenvalue weighted by Crippen LogP contribution is -2.59. The number of nitrogens with one attached hydrogen (secondary N) is 1. The fraction of sp³-hybridized carbons (Fsp3) is 0.625. The maximum atomic E-state index is 3.47. The number of nitrogens with zero attached hydrogens (tertiary/aromatic N) is 1. The molecule has 2 nitrogen and oxygen atoms in total. The van der Waals surface area contributed by atoms with E-state index in [0.717, 1.165) is 13.1 Å². The van der Waals surface area contributed by atoms with E-state index in [4.69, 9.17) is 0 Å². The van der Waals surface area contributed by atoms with Crippen molar-refractivity contribution >= 4 is 0 Å². The van der Waals surface area contributed by atoms with Gasteiger partial charge in [0.15, 0.2) is 0 Å². The van der Waals surface area contributed by atoms with Crippen molar-refractivity contribution in [2.24, 2.45) is 5.92 Å². The molecule has 0 radical (unpaired) electrons. The SMILES string of the molecule is CC(C)C1(N2CCNCC2)Cc2ccccc2C1. The summed E-state index contributed by atoms with van der Waals surface area (Å²) in [7, 11) is 0. The first-order chi connectivity index (χ1) is 8.72. The summed E-state index contributed by atoms with van der Waals surface area (Å²) in [5.41, 5.74) is 3.51. The fourth-order valence-corrected chi connectivity index (χ4v) is 3.73. The average Bonchev–Trinajstić information content (AvgIpc) is 2.80. The number of rotatable bonds is 2. The molecule has 0 saturated carbocycles. The van der Waals surface area contributed by atoms with Gasteiger partial charge >= 0.3 is 0 Å². The van der Waals surface area contributed by atoms with Gasteiger partial charge in [0.1, 0.15) is 0 Å². The molecule has 1 aromatic rings. The van der Waals surface area contributed by atoms with Gasteiger partial charge in [-0.15, -0.1) is 0 Å². The van der Waals surface area contributed by atoms with E-state index in [1.54, 1.807) is 11.1 Å². The highest BCUT2D eigenvalue weighted by molar-refractivity contribution is 5.37. The van der Waals surface area contributed by atoms with Gasteiger partial charge in [0.25, 0.3) is 0 Å².